The van der Waals surface area contributed by atoms with E-state index in [4.69, 9.17) is 0 Å². The van der Waals surface area contributed by atoms with E-state index >= 15 is 0 Å². The highest BCUT2D eigenvalue weighted by atomic mass is 32.1. The zero-order valence-corrected chi connectivity index (χ0v) is 16.1. The number of anilines is 1. The maximum absolute atomic E-state index is 12.7. The standard InChI is InChI=1S/C23H20N2OS/c1-15(2)16-10-12-18(13-11-16)21-14-27-23(24-21)25-22(26)20-9-5-7-17-6-3-4-8-19(17)20/h3-15H,1-2H3,(H,24,25,26). The molecule has 0 saturated heterocycles. The maximum Gasteiger partial charge on any atom is 0.258 e. The fraction of sp³-hybridized carbons (Fsp3) is 0.130. The number of hydrogen-bond acceptors (Lipinski definition) is 3. The van der Waals surface area contributed by atoms with E-state index in [0.29, 0.717) is 16.6 Å². The van der Waals surface area contributed by atoms with Crippen molar-refractivity contribution in [3.05, 3.63) is 83.2 Å². The van der Waals surface area contributed by atoms with Crippen molar-refractivity contribution in [3.63, 3.8) is 0 Å². The van der Waals surface area contributed by atoms with Gasteiger partial charge in [0.05, 0.1) is 5.69 Å². The third-order valence-corrected chi connectivity index (χ3v) is 5.39. The molecule has 1 N–H and O–H groups in total. The Bertz CT molecular complexity index is 1090. The van der Waals surface area contributed by atoms with Crippen LogP contribution in [-0.2, 0) is 0 Å². The van der Waals surface area contributed by atoms with Crippen LogP contribution in [0.4, 0.5) is 5.13 Å². The summed E-state index contributed by atoms with van der Waals surface area (Å²) < 4.78 is 0. The van der Waals surface area contributed by atoms with Gasteiger partial charge in [0, 0.05) is 16.5 Å². The van der Waals surface area contributed by atoms with E-state index < -0.39 is 0 Å². The molecule has 0 radical (unpaired) electrons. The predicted molar refractivity (Wildman–Crippen MR) is 114 cm³/mol. The molecule has 0 unspecified atom stereocenters. The van der Waals surface area contributed by atoms with Crippen LogP contribution >= 0.6 is 11.3 Å². The lowest BCUT2D eigenvalue weighted by Gasteiger charge is -2.06. The van der Waals surface area contributed by atoms with Crippen LogP contribution in [0.15, 0.2) is 72.1 Å². The molecule has 0 atom stereocenters. The van der Waals surface area contributed by atoms with Crippen LogP contribution < -0.4 is 5.32 Å². The molecule has 0 saturated carbocycles. The lowest BCUT2D eigenvalue weighted by Crippen LogP contribution is -2.12. The smallest absolute Gasteiger partial charge is 0.258 e. The Kier molecular flexibility index (Phi) is 4.73. The van der Waals surface area contributed by atoms with Crippen molar-refractivity contribution in [2.45, 2.75) is 19.8 Å². The first-order valence-electron chi connectivity index (χ1n) is 8.97. The number of nitrogens with zero attached hydrogens (tertiary/aromatic N) is 1. The van der Waals surface area contributed by atoms with Gasteiger partial charge in [-0.15, -0.1) is 11.3 Å². The first-order chi connectivity index (χ1) is 13.1. The van der Waals surface area contributed by atoms with Gasteiger partial charge < -0.3 is 0 Å². The molecule has 1 heterocycles. The number of carbonyl (C=O) groups is 1. The highest BCUT2D eigenvalue weighted by molar-refractivity contribution is 7.14. The molecule has 0 aliphatic rings. The fourth-order valence-electron chi connectivity index (χ4n) is 3.09. The van der Waals surface area contributed by atoms with E-state index in [1.807, 2.05) is 47.8 Å². The van der Waals surface area contributed by atoms with Gasteiger partial charge in [-0.2, -0.15) is 0 Å². The van der Waals surface area contributed by atoms with Crippen LogP contribution in [-0.4, -0.2) is 10.9 Å². The second-order valence-electron chi connectivity index (χ2n) is 6.80. The van der Waals surface area contributed by atoms with Crippen molar-refractivity contribution in [1.29, 1.82) is 0 Å². The highest BCUT2D eigenvalue weighted by Gasteiger charge is 2.12. The number of benzene rings is 3. The number of nitrogens with one attached hydrogen (secondary N) is 1. The van der Waals surface area contributed by atoms with Crippen molar-refractivity contribution in [1.82, 2.24) is 4.98 Å². The summed E-state index contributed by atoms with van der Waals surface area (Å²) in [6, 6.07) is 22.1. The summed E-state index contributed by atoms with van der Waals surface area (Å²) in [6.07, 6.45) is 0. The van der Waals surface area contributed by atoms with Crippen LogP contribution in [0.25, 0.3) is 22.0 Å². The van der Waals surface area contributed by atoms with Gasteiger partial charge >= 0.3 is 0 Å². The molecule has 1 aromatic heterocycles. The summed E-state index contributed by atoms with van der Waals surface area (Å²) in [7, 11) is 0. The van der Waals surface area contributed by atoms with Crippen LogP contribution in [0, 0.1) is 0 Å². The molecule has 3 aromatic carbocycles. The second-order valence-corrected chi connectivity index (χ2v) is 7.65. The van der Waals surface area contributed by atoms with E-state index in [9.17, 15) is 4.79 Å². The second kappa shape index (κ2) is 7.33. The Labute approximate surface area is 162 Å². The van der Waals surface area contributed by atoms with Gasteiger partial charge in [-0.25, -0.2) is 4.98 Å². The van der Waals surface area contributed by atoms with E-state index in [2.05, 4.69) is 48.4 Å². The molecule has 4 rings (SSSR count). The molecule has 0 aliphatic carbocycles. The van der Waals surface area contributed by atoms with Gasteiger partial charge in [-0.3, -0.25) is 10.1 Å². The minimum Gasteiger partial charge on any atom is -0.298 e. The van der Waals surface area contributed by atoms with E-state index in [1.54, 1.807) is 0 Å². The zero-order valence-electron chi connectivity index (χ0n) is 15.3. The third-order valence-electron chi connectivity index (χ3n) is 4.63. The molecule has 4 aromatic rings. The van der Waals surface area contributed by atoms with Gasteiger partial charge in [-0.05, 0) is 28.3 Å². The van der Waals surface area contributed by atoms with Crippen LogP contribution in [0.3, 0.4) is 0 Å². The third kappa shape index (κ3) is 3.62. The molecule has 134 valence electrons. The number of amides is 1. The quantitative estimate of drug-likeness (QED) is 0.454. The summed E-state index contributed by atoms with van der Waals surface area (Å²) in [5.41, 5.74) is 3.90. The minimum absolute atomic E-state index is 0.136. The summed E-state index contributed by atoms with van der Waals surface area (Å²) in [5, 5.41) is 7.52. The topological polar surface area (TPSA) is 42.0 Å². The molecule has 3 nitrogen and oxygen atoms in total. The van der Waals surface area contributed by atoms with Crippen molar-refractivity contribution >= 4 is 33.1 Å². The van der Waals surface area contributed by atoms with Crippen LogP contribution in [0.1, 0.15) is 35.7 Å². The number of hydrogen-bond donors (Lipinski definition) is 1. The lowest BCUT2D eigenvalue weighted by molar-refractivity contribution is 0.102. The van der Waals surface area contributed by atoms with E-state index in [-0.39, 0.29) is 5.91 Å². The highest BCUT2D eigenvalue weighted by Crippen LogP contribution is 2.27. The van der Waals surface area contributed by atoms with Crippen molar-refractivity contribution in [3.8, 4) is 11.3 Å². The van der Waals surface area contributed by atoms with Crippen LogP contribution in [0.5, 0.6) is 0 Å². The SMILES string of the molecule is CC(C)c1ccc(-c2csc(NC(=O)c3cccc4ccccc34)n2)cc1. The summed E-state index contributed by atoms with van der Waals surface area (Å²) in [4.78, 5) is 17.3. The predicted octanol–water partition coefficient (Wildman–Crippen LogP) is 6.34. The number of fused-ring (bicyclic) bond motifs is 1. The molecule has 1 amide bonds. The maximum atomic E-state index is 12.7. The number of thiazole rings is 1. The first-order valence-corrected chi connectivity index (χ1v) is 9.85. The minimum atomic E-state index is -0.136. The number of aromatic nitrogens is 1. The van der Waals surface area contributed by atoms with Gasteiger partial charge in [0.25, 0.3) is 5.91 Å². The van der Waals surface area contributed by atoms with E-state index in [0.717, 1.165) is 22.0 Å². The van der Waals surface area contributed by atoms with Gasteiger partial charge in [-0.1, -0.05) is 74.5 Å². The molecule has 0 spiro atoms. The normalized spacial score (nSPS) is 11.1. The molecular weight excluding hydrogens is 352 g/mol. The summed E-state index contributed by atoms with van der Waals surface area (Å²) in [6.45, 7) is 4.36. The van der Waals surface area contributed by atoms with Gasteiger partial charge in [0.15, 0.2) is 5.13 Å². The first kappa shape index (κ1) is 17.4. The molecular formula is C23H20N2OS. The Balaban J connectivity index is 1.56. The monoisotopic (exact) mass is 372 g/mol. The molecule has 27 heavy (non-hydrogen) atoms. The molecule has 0 bridgehead atoms. The average molecular weight is 372 g/mol. The molecule has 0 aliphatic heterocycles. The molecule has 4 heteroatoms. The average Bonchev–Trinajstić information content (AvgIpc) is 3.16. The molecule has 0 fully saturated rings. The fourth-order valence-corrected chi connectivity index (χ4v) is 3.81. The van der Waals surface area contributed by atoms with Gasteiger partial charge in [0.1, 0.15) is 0 Å². The van der Waals surface area contributed by atoms with Gasteiger partial charge in [0.2, 0.25) is 0 Å². The van der Waals surface area contributed by atoms with E-state index in [1.165, 1.54) is 16.9 Å². The zero-order chi connectivity index (χ0) is 18.8. The lowest BCUT2D eigenvalue weighted by atomic mass is 10.0. The Morgan fingerprint density at radius 2 is 1.70 bits per heavy atom. The number of carbonyl (C=O) groups excluding carboxylic acids is 1. The Hall–Kier alpha value is -2.98. The van der Waals surface area contributed by atoms with Crippen molar-refractivity contribution in [2.75, 3.05) is 5.32 Å². The summed E-state index contributed by atoms with van der Waals surface area (Å²) in [5.74, 6) is 0.368. The Morgan fingerprint density at radius 1 is 0.963 bits per heavy atom. The van der Waals surface area contributed by atoms with Crippen molar-refractivity contribution in [2.24, 2.45) is 0 Å². The van der Waals surface area contributed by atoms with Crippen LogP contribution in [0.2, 0.25) is 0 Å². The summed E-state index contributed by atoms with van der Waals surface area (Å²) >= 11 is 1.44. The largest absolute Gasteiger partial charge is 0.298 e. The Morgan fingerprint density at radius 3 is 2.48 bits per heavy atom. The number of rotatable bonds is 4. The van der Waals surface area contributed by atoms with Crippen molar-refractivity contribution < 1.29 is 4.79 Å².